The third-order valence-electron chi connectivity index (χ3n) is 5.62. The van der Waals surface area contributed by atoms with E-state index in [0.717, 1.165) is 12.0 Å². The fraction of sp³-hybridized carbons (Fsp3) is 0.640. The maximum absolute atomic E-state index is 13.3. The molecular formula is C25H42N4O3. The van der Waals surface area contributed by atoms with Crippen molar-refractivity contribution in [2.24, 2.45) is 23.5 Å². The monoisotopic (exact) mass is 446 g/mol. The highest BCUT2D eigenvalue weighted by molar-refractivity contribution is 5.93. The Hall–Kier alpha value is -2.41. The second-order valence-electron chi connectivity index (χ2n) is 9.62. The Morgan fingerprint density at radius 2 is 1.53 bits per heavy atom. The predicted octanol–water partition coefficient (Wildman–Crippen LogP) is 2.34. The van der Waals surface area contributed by atoms with Gasteiger partial charge in [0.25, 0.3) is 0 Å². The lowest BCUT2D eigenvalue weighted by atomic mass is 9.97. The third-order valence-corrected chi connectivity index (χ3v) is 5.62. The van der Waals surface area contributed by atoms with E-state index in [4.69, 9.17) is 5.73 Å². The molecule has 0 radical (unpaired) electrons. The summed E-state index contributed by atoms with van der Waals surface area (Å²) in [5.41, 5.74) is 7.10. The van der Waals surface area contributed by atoms with Crippen LogP contribution in [0.3, 0.4) is 0 Å². The lowest BCUT2D eigenvalue weighted by Crippen LogP contribution is -2.58. The molecule has 180 valence electrons. The molecule has 3 amide bonds. The Morgan fingerprint density at radius 3 is 2.03 bits per heavy atom. The fourth-order valence-electron chi connectivity index (χ4n) is 3.42. The summed E-state index contributed by atoms with van der Waals surface area (Å²) in [7, 11) is 1.63. The van der Waals surface area contributed by atoms with Gasteiger partial charge in [-0.05, 0) is 36.2 Å². The number of nitrogens with zero attached hydrogens (tertiary/aromatic N) is 1. The van der Waals surface area contributed by atoms with Gasteiger partial charge in [0.05, 0.1) is 6.04 Å². The summed E-state index contributed by atoms with van der Waals surface area (Å²) >= 11 is 0. The molecule has 1 aromatic rings. The molecule has 0 aliphatic carbocycles. The molecule has 32 heavy (non-hydrogen) atoms. The summed E-state index contributed by atoms with van der Waals surface area (Å²) < 4.78 is 0. The van der Waals surface area contributed by atoms with Gasteiger partial charge in [0, 0.05) is 13.6 Å². The molecule has 0 saturated heterocycles. The second-order valence-corrected chi connectivity index (χ2v) is 9.62. The molecule has 1 aromatic carbocycles. The molecule has 0 unspecified atom stereocenters. The summed E-state index contributed by atoms with van der Waals surface area (Å²) in [6, 6.07) is 7.88. The number of nitrogens with two attached hydrogens (primary N) is 1. The molecule has 0 aliphatic heterocycles. The molecule has 0 fully saturated rings. The first-order valence-electron chi connectivity index (χ1n) is 11.6. The number of amides is 3. The van der Waals surface area contributed by atoms with E-state index in [1.165, 1.54) is 4.90 Å². The largest absolute Gasteiger partial charge is 0.354 e. The molecule has 4 N–H and O–H groups in total. The zero-order valence-electron chi connectivity index (χ0n) is 20.7. The van der Waals surface area contributed by atoms with Gasteiger partial charge in [-0.3, -0.25) is 14.4 Å². The summed E-state index contributed by atoms with van der Waals surface area (Å²) in [5.74, 6) is -0.787. The zero-order valence-corrected chi connectivity index (χ0v) is 20.7. The van der Waals surface area contributed by atoms with Gasteiger partial charge in [0.15, 0.2) is 0 Å². The molecule has 0 aliphatic rings. The minimum atomic E-state index is -0.746. The van der Waals surface area contributed by atoms with Gasteiger partial charge < -0.3 is 21.3 Å². The van der Waals surface area contributed by atoms with E-state index in [0.29, 0.717) is 13.0 Å². The van der Waals surface area contributed by atoms with Crippen molar-refractivity contribution in [2.75, 3.05) is 13.6 Å². The maximum atomic E-state index is 13.3. The first kappa shape index (κ1) is 27.6. The molecule has 0 spiro atoms. The van der Waals surface area contributed by atoms with E-state index < -0.39 is 18.1 Å². The van der Waals surface area contributed by atoms with Crippen molar-refractivity contribution in [3.63, 3.8) is 0 Å². The highest BCUT2D eigenvalue weighted by Crippen LogP contribution is 2.15. The normalized spacial score (nSPS) is 14.2. The van der Waals surface area contributed by atoms with Crippen LogP contribution in [0.25, 0.3) is 0 Å². The number of nitrogens with one attached hydrogen (secondary N) is 2. The SMILES string of the molecule is CC(C)C[C@@H](C(=O)NCCc1ccccc1)N(C)C(=O)[C@@H](NC(=O)[C@@H](N)C(C)C)C(C)C. The molecule has 0 bridgehead atoms. The van der Waals surface area contributed by atoms with E-state index in [-0.39, 0.29) is 35.5 Å². The number of carbonyl (C=O) groups is 3. The van der Waals surface area contributed by atoms with E-state index in [2.05, 4.69) is 10.6 Å². The van der Waals surface area contributed by atoms with Crippen molar-refractivity contribution in [3.05, 3.63) is 35.9 Å². The first-order chi connectivity index (χ1) is 15.0. The summed E-state index contributed by atoms with van der Waals surface area (Å²) in [6.07, 6.45) is 1.25. The zero-order chi connectivity index (χ0) is 24.4. The molecular weight excluding hydrogens is 404 g/mol. The van der Waals surface area contributed by atoms with Crippen LogP contribution < -0.4 is 16.4 Å². The lowest BCUT2D eigenvalue weighted by Gasteiger charge is -2.33. The molecule has 0 aromatic heterocycles. The van der Waals surface area contributed by atoms with Crippen LogP contribution in [0.2, 0.25) is 0 Å². The van der Waals surface area contributed by atoms with Crippen molar-refractivity contribution < 1.29 is 14.4 Å². The Bertz CT molecular complexity index is 734. The van der Waals surface area contributed by atoms with Crippen LogP contribution >= 0.6 is 0 Å². The maximum Gasteiger partial charge on any atom is 0.245 e. The van der Waals surface area contributed by atoms with Gasteiger partial charge in [-0.15, -0.1) is 0 Å². The van der Waals surface area contributed by atoms with Crippen molar-refractivity contribution >= 4 is 17.7 Å². The van der Waals surface area contributed by atoms with E-state index in [1.807, 2.05) is 71.9 Å². The summed E-state index contributed by atoms with van der Waals surface area (Å²) in [4.78, 5) is 40.3. The molecule has 3 atom stereocenters. The van der Waals surface area contributed by atoms with Crippen LogP contribution in [0.5, 0.6) is 0 Å². The Balaban J connectivity index is 2.89. The van der Waals surface area contributed by atoms with Gasteiger partial charge >= 0.3 is 0 Å². The average molecular weight is 447 g/mol. The standard InChI is InChI=1S/C25H42N4O3/c1-16(2)15-20(23(30)27-14-13-19-11-9-8-10-12-19)29(7)25(32)22(18(5)6)28-24(31)21(26)17(3)4/h8-12,16-18,20-22H,13-15,26H2,1-7H3,(H,27,30)(H,28,31)/t20-,21-,22-/m0/s1. The van der Waals surface area contributed by atoms with E-state index in [1.54, 1.807) is 7.05 Å². The first-order valence-corrected chi connectivity index (χ1v) is 11.6. The van der Waals surface area contributed by atoms with Gasteiger partial charge in [-0.2, -0.15) is 0 Å². The third kappa shape index (κ3) is 8.61. The average Bonchev–Trinajstić information content (AvgIpc) is 2.74. The molecule has 7 nitrogen and oxygen atoms in total. The number of benzene rings is 1. The van der Waals surface area contributed by atoms with Crippen LogP contribution in [0.15, 0.2) is 30.3 Å². The number of carbonyl (C=O) groups excluding carboxylic acids is 3. The van der Waals surface area contributed by atoms with E-state index >= 15 is 0 Å². The van der Waals surface area contributed by atoms with Crippen LogP contribution in [-0.4, -0.2) is 54.3 Å². The highest BCUT2D eigenvalue weighted by Gasteiger charge is 2.34. The van der Waals surface area contributed by atoms with Crippen molar-refractivity contribution in [3.8, 4) is 0 Å². The number of likely N-dealkylation sites (N-methyl/N-ethyl adjacent to an activating group) is 1. The number of hydrogen-bond donors (Lipinski definition) is 3. The topological polar surface area (TPSA) is 105 Å². The summed E-state index contributed by atoms with van der Waals surface area (Å²) in [5, 5.41) is 5.78. The Kier molecular flexibility index (Phi) is 11.4. The van der Waals surface area contributed by atoms with Crippen molar-refractivity contribution in [1.29, 1.82) is 0 Å². The van der Waals surface area contributed by atoms with Gasteiger partial charge in [0.2, 0.25) is 17.7 Å². The number of rotatable bonds is 12. The quantitative estimate of drug-likeness (QED) is 0.458. The number of hydrogen-bond acceptors (Lipinski definition) is 4. The van der Waals surface area contributed by atoms with Gasteiger partial charge in [-0.25, -0.2) is 0 Å². The minimum Gasteiger partial charge on any atom is -0.354 e. The summed E-state index contributed by atoms with van der Waals surface area (Å²) in [6.45, 7) is 12.0. The highest BCUT2D eigenvalue weighted by atomic mass is 16.2. The molecule has 1 rings (SSSR count). The lowest BCUT2D eigenvalue weighted by molar-refractivity contribution is -0.143. The Labute approximate surface area is 193 Å². The minimum absolute atomic E-state index is 0.0419. The van der Waals surface area contributed by atoms with Crippen molar-refractivity contribution in [1.82, 2.24) is 15.5 Å². The van der Waals surface area contributed by atoms with Gasteiger partial charge in [0.1, 0.15) is 12.1 Å². The Morgan fingerprint density at radius 1 is 0.938 bits per heavy atom. The fourth-order valence-corrected chi connectivity index (χ4v) is 3.42. The van der Waals surface area contributed by atoms with Crippen LogP contribution in [0.4, 0.5) is 0 Å². The molecule has 7 heteroatoms. The smallest absolute Gasteiger partial charge is 0.245 e. The van der Waals surface area contributed by atoms with Gasteiger partial charge in [-0.1, -0.05) is 71.9 Å². The van der Waals surface area contributed by atoms with Crippen LogP contribution in [0.1, 0.15) is 53.5 Å². The van der Waals surface area contributed by atoms with Crippen molar-refractivity contribution in [2.45, 2.75) is 72.5 Å². The van der Waals surface area contributed by atoms with Crippen LogP contribution in [0, 0.1) is 17.8 Å². The molecule has 0 heterocycles. The van der Waals surface area contributed by atoms with Crippen LogP contribution in [-0.2, 0) is 20.8 Å². The predicted molar refractivity (Wildman–Crippen MR) is 129 cm³/mol. The molecule has 0 saturated carbocycles. The second kappa shape index (κ2) is 13.2. The van der Waals surface area contributed by atoms with E-state index in [9.17, 15) is 14.4 Å².